The van der Waals surface area contributed by atoms with Crippen molar-refractivity contribution < 1.29 is 18.0 Å². The smallest absolute Gasteiger partial charge is 0.243 e. The molecule has 160 valence electrons. The summed E-state index contributed by atoms with van der Waals surface area (Å²) in [7, 11) is -3.54. The fourth-order valence-corrected chi connectivity index (χ4v) is 5.58. The number of hydrogen-bond donors (Lipinski definition) is 1. The second-order valence-corrected chi connectivity index (χ2v) is 9.91. The maximum Gasteiger partial charge on any atom is 0.243 e. The van der Waals surface area contributed by atoms with Crippen LogP contribution in [0.1, 0.15) is 44.6 Å². The van der Waals surface area contributed by atoms with Gasteiger partial charge in [0.1, 0.15) is 6.04 Å². The Labute approximate surface area is 173 Å². The van der Waals surface area contributed by atoms with Crippen LogP contribution in [0.5, 0.6) is 0 Å². The zero-order chi connectivity index (χ0) is 21.0. The molecular formula is C21H31N3O4S. The monoisotopic (exact) mass is 421 g/mol. The highest BCUT2D eigenvalue weighted by Crippen LogP contribution is 2.28. The number of nitrogens with one attached hydrogen (secondary N) is 1. The summed E-state index contributed by atoms with van der Waals surface area (Å²) >= 11 is 0. The molecule has 1 aromatic carbocycles. The minimum absolute atomic E-state index is 0.00784. The molecule has 1 N–H and O–H groups in total. The highest BCUT2D eigenvalue weighted by atomic mass is 32.2. The minimum Gasteiger partial charge on any atom is -0.354 e. The first-order valence-corrected chi connectivity index (χ1v) is 11.9. The van der Waals surface area contributed by atoms with E-state index in [2.05, 4.69) is 5.32 Å². The third-order valence-corrected chi connectivity index (χ3v) is 7.76. The lowest BCUT2D eigenvalue weighted by Gasteiger charge is -2.34. The van der Waals surface area contributed by atoms with E-state index in [0.29, 0.717) is 50.3 Å². The number of benzene rings is 1. The first kappa shape index (κ1) is 21.8. The van der Waals surface area contributed by atoms with Crippen LogP contribution in [0.25, 0.3) is 0 Å². The summed E-state index contributed by atoms with van der Waals surface area (Å²) in [5.74, 6) is -0.303. The molecule has 8 heteroatoms. The number of carbonyl (C=O) groups excluding carboxylic acids is 2. The van der Waals surface area contributed by atoms with Gasteiger partial charge < -0.3 is 10.2 Å². The summed E-state index contributed by atoms with van der Waals surface area (Å²) in [5, 5.41) is 2.89. The van der Waals surface area contributed by atoms with Crippen LogP contribution in [0.15, 0.2) is 29.2 Å². The Morgan fingerprint density at radius 2 is 1.72 bits per heavy atom. The summed E-state index contributed by atoms with van der Waals surface area (Å²) in [5.41, 5.74) is 1.01. The molecule has 2 fully saturated rings. The van der Waals surface area contributed by atoms with Crippen molar-refractivity contribution >= 4 is 21.8 Å². The van der Waals surface area contributed by atoms with E-state index in [1.54, 1.807) is 29.2 Å². The van der Waals surface area contributed by atoms with Gasteiger partial charge in [-0.05, 0) is 51.2 Å². The lowest BCUT2D eigenvalue weighted by molar-refractivity contribution is -0.142. The fourth-order valence-electron chi connectivity index (χ4n) is 4.11. The molecule has 2 aliphatic heterocycles. The number of rotatable bonds is 6. The van der Waals surface area contributed by atoms with Gasteiger partial charge in [-0.2, -0.15) is 4.31 Å². The molecule has 0 aliphatic carbocycles. The van der Waals surface area contributed by atoms with Crippen LogP contribution < -0.4 is 5.32 Å². The Kier molecular flexibility index (Phi) is 6.95. The number of piperidine rings is 1. The Balaban J connectivity index is 1.60. The number of nitrogens with zero attached hydrogens (tertiary/aromatic N) is 2. The van der Waals surface area contributed by atoms with E-state index in [4.69, 9.17) is 0 Å². The molecule has 29 heavy (non-hydrogen) atoms. The third-order valence-electron chi connectivity index (χ3n) is 5.85. The van der Waals surface area contributed by atoms with Crippen LogP contribution >= 0.6 is 0 Å². The van der Waals surface area contributed by atoms with Crippen molar-refractivity contribution in [2.24, 2.45) is 5.92 Å². The molecule has 1 atom stereocenters. The van der Waals surface area contributed by atoms with Crippen LogP contribution in [0.3, 0.4) is 0 Å². The van der Waals surface area contributed by atoms with Crippen LogP contribution in [0.4, 0.5) is 0 Å². The lowest BCUT2D eigenvalue weighted by Crippen LogP contribution is -2.50. The van der Waals surface area contributed by atoms with E-state index in [9.17, 15) is 18.0 Å². The van der Waals surface area contributed by atoms with E-state index >= 15 is 0 Å². The highest BCUT2D eigenvalue weighted by molar-refractivity contribution is 7.89. The molecule has 2 aliphatic rings. The van der Waals surface area contributed by atoms with E-state index in [-0.39, 0.29) is 23.8 Å². The Morgan fingerprint density at radius 3 is 2.34 bits per heavy atom. The van der Waals surface area contributed by atoms with Gasteiger partial charge in [0.15, 0.2) is 0 Å². The van der Waals surface area contributed by atoms with Crippen LogP contribution in [0, 0.1) is 12.8 Å². The maximum absolute atomic E-state index is 13.0. The Bertz CT molecular complexity index is 830. The van der Waals surface area contributed by atoms with Crippen molar-refractivity contribution in [3.63, 3.8) is 0 Å². The average molecular weight is 422 g/mol. The minimum atomic E-state index is -3.54. The number of aryl methyl sites for hydroxylation is 1. The largest absolute Gasteiger partial charge is 0.354 e. The summed E-state index contributed by atoms with van der Waals surface area (Å²) in [6.45, 7) is 5.79. The molecule has 2 heterocycles. The average Bonchev–Trinajstić information content (AvgIpc) is 3.22. The second kappa shape index (κ2) is 9.26. The van der Waals surface area contributed by atoms with Gasteiger partial charge in [0.2, 0.25) is 21.8 Å². The third kappa shape index (κ3) is 4.80. The van der Waals surface area contributed by atoms with Gasteiger partial charge in [-0.25, -0.2) is 8.42 Å². The van der Waals surface area contributed by atoms with Crippen molar-refractivity contribution in [1.82, 2.24) is 14.5 Å². The molecule has 0 unspecified atom stereocenters. The SMILES string of the molecule is CCCNC(=O)[C@H]1CCCN1C(=O)C1CCN(S(=O)(=O)c2ccc(C)cc2)CC1. The van der Waals surface area contributed by atoms with Crippen molar-refractivity contribution in [3.8, 4) is 0 Å². The van der Waals surface area contributed by atoms with Crippen molar-refractivity contribution in [2.45, 2.75) is 56.9 Å². The van der Waals surface area contributed by atoms with E-state index < -0.39 is 10.0 Å². The predicted molar refractivity (Wildman–Crippen MR) is 111 cm³/mol. The number of carbonyl (C=O) groups is 2. The standard InChI is InChI=1S/C21H31N3O4S/c1-3-12-22-20(25)19-5-4-13-24(19)21(26)17-10-14-23(15-11-17)29(27,28)18-8-6-16(2)7-9-18/h6-9,17,19H,3-5,10-15H2,1-2H3,(H,22,25)/t19-/m1/s1. The molecule has 0 spiro atoms. The number of likely N-dealkylation sites (tertiary alicyclic amines) is 1. The molecule has 1 aromatic rings. The van der Waals surface area contributed by atoms with E-state index in [1.807, 2.05) is 13.8 Å². The second-order valence-electron chi connectivity index (χ2n) is 7.97. The van der Waals surface area contributed by atoms with Crippen molar-refractivity contribution in [1.29, 1.82) is 0 Å². The zero-order valence-corrected chi connectivity index (χ0v) is 18.1. The predicted octanol–water partition coefficient (Wildman–Crippen LogP) is 1.91. The summed E-state index contributed by atoms with van der Waals surface area (Å²) in [6, 6.07) is 6.46. The molecule has 7 nitrogen and oxygen atoms in total. The normalized spacial score (nSPS) is 21.3. The highest BCUT2D eigenvalue weighted by Gasteiger charge is 2.39. The van der Waals surface area contributed by atoms with Crippen LogP contribution in [0.2, 0.25) is 0 Å². The van der Waals surface area contributed by atoms with E-state index in [1.165, 1.54) is 4.31 Å². The van der Waals surface area contributed by atoms with Gasteiger partial charge in [-0.1, -0.05) is 24.6 Å². The van der Waals surface area contributed by atoms with E-state index in [0.717, 1.165) is 18.4 Å². The number of sulfonamides is 1. The van der Waals surface area contributed by atoms with Gasteiger partial charge in [0.05, 0.1) is 4.90 Å². The van der Waals surface area contributed by atoms with Crippen LogP contribution in [-0.2, 0) is 19.6 Å². The Morgan fingerprint density at radius 1 is 1.07 bits per heavy atom. The van der Waals surface area contributed by atoms with Gasteiger partial charge in [0, 0.05) is 32.1 Å². The quantitative estimate of drug-likeness (QED) is 0.760. The topological polar surface area (TPSA) is 86.8 Å². The first-order chi connectivity index (χ1) is 13.8. The number of hydrogen-bond acceptors (Lipinski definition) is 4. The molecule has 2 saturated heterocycles. The first-order valence-electron chi connectivity index (χ1n) is 10.5. The molecule has 3 rings (SSSR count). The molecule has 0 aromatic heterocycles. The molecule has 0 bridgehead atoms. The fraction of sp³-hybridized carbons (Fsp3) is 0.619. The van der Waals surface area contributed by atoms with Crippen molar-refractivity contribution in [2.75, 3.05) is 26.2 Å². The van der Waals surface area contributed by atoms with Gasteiger partial charge in [0.25, 0.3) is 0 Å². The van der Waals surface area contributed by atoms with Gasteiger partial charge >= 0.3 is 0 Å². The molecule has 0 saturated carbocycles. The number of amides is 2. The van der Waals surface area contributed by atoms with Gasteiger partial charge in [-0.3, -0.25) is 9.59 Å². The van der Waals surface area contributed by atoms with Crippen molar-refractivity contribution in [3.05, 3.63) is 29.8 Å². The van der Waals surface area contributed by atoms with Gasteiger partial charge in [-0.15, -0.1) is 0 Å². The summed E-state index contributed by atoms with van der Waals surface area (Å²) in [4.78, 5) is 27.4. The van der Waals surface area contributed by atoms with Crippen LogP contribution in [-0.4, -0.2) is 61.7 Å². The molecular weight excluding hydrogens is 390 g/mol. The summed E-state index contributed by atoms with van der Waals surface area (Å²) in [6.07, 6.45) is 3.37. The molecule has 0 radical (unpaired) electrons. The summed E-state index contributed by atoms with van der Waals surface area (Å²) < 4.78 is 27.2. The Hall–Kier alpha value is -1.93. The molecule has 2 amide bonds. The lowest BCUT2D eigenvalue weighted by atomic mass is 9.96. The zero-order valence-electron chi connectivity index (χ0n) is 17.3. The maximum atomic E-state index is 13.0.